The van der Waals surface area contributed by atoms with Crippen molar-refractivity contribution in [1.29, 1.82) is 0 Å². The van der Waals surface area contributed by atoms with Crippen LogP contribution in [0.3, 0.4) is 0 Å². The number of aromatic nitrogens is 4. The quantitative estimate of drug-likeness (QED) is 0.314. The lowest BCUT2D eigenvalue weighted by Crippen LogP contribution is -2.30. The van der Waals surface area contributed by atoms with Gasteiger partial charge in [0.05, 0.1) is 42.0 Å². The molecule has 35 heavy (non-hydrogen) atoms. The maximum atomic E-state index is 12.0. The molecule has 3 aromatic rings. The van der Waals surface area contributed by atoms with Crippen molar-refractivity contribution in [1.82, 2.24) is 19.7 Å². The van der Waals surface area contributed by atoms with Gasteiger partial charge in [0.2, 0.25) is 16.0 Å². The smallest absolute Gasteiger partial charge is 0.308 e. The molecule has 0 aliphatic heterocycles. The summed E-state index contributed by atoms with van der Waals surface area (Å²) in [4.78, 5) is 21.0. The second-order valence-electron chi connectivity index (χ2n) is 8.50. The molecule has 2 aromatic heterocycles. The molecular formula is C23H30N6O5S. The number of ether oxygens (including phenoxy) is 2. The van der Waals surface area contributed by atoms with Gasteiger partial charge in [0, 0.05) is 18.3 Å². The highest BCUT2D eigenvalue weighted by atomic mass is 32.2. The van der Waals surface area contributed by atoms with Crippen molar-refractivity contribution in [3.05, 3.63) is 36.7 Å². The maximum Gasteiger partial charge on any atom is 0.308 e. The van der Waals surface area contributed by atoms with Gasteiger partial charge in [-0.2, -0.15) is 10.1 Å². The van der Waals surface area contributed by atoms with E-state index in [9.17, 15) is 13.2 Å². The van der Waals surface area contributed by atoms with E-state index in [-0.39, 0.29) is 30.3 Å². The molecule has 0 saturated heterocycles. The van der Waals surface area contributed by atoms with E-state index in [2.05, 4.69) is 20.4 Å². The van der Waals surface area contributed by atoms with E-state index in [4.69, 9.17) is 14.6 Å². The van der Waals surface area contributed by atoms with Crippen LogP contribution in [-0.2, 0) is 19.6 Å². The van der Waals surface area contributed by atoms with Crippen LogP contribution < -0.4 is 15.2 Å². The van der Waals surface area contributed by atoms with Crippen LogP contribution in [0, 0.1) is 5.92 Å². The van der Waals surface area contributed by atoms with Gasteiger partial charge >= 0.3 is 5.97 Å². The first-order chi connectivity index (χ1) is 16.8. The van der Waals surface area contributed by atoms with Crippen LogP contribution in [0.1, 0.15) is 39.0 Å². The lowest BCUT2D eigenvalue weighted by atomic mass is 9.86. The van der Waals surface area contributed by atoms with Crippen LogP contribution in [0.4, 0.5) is 5.95 Å². The zero-order chi connectivity index (χ0) is 24.8. The Bertz CT molecular complexity index is 1270. The maximum absolute atomic E-state index is 12.0. The van der Waals surface area contributed by atoms with Gasteiger partial charge in [-0.05, 0) is 51.2 Å². The molecule has 3 N–H and O–H groups in total. The fourth-order valence-electron chi connectivity index (χ4n) is 4.23. The third kappa shape index (κ3) is 6.45. The SMILES string of the molecule is CCOC(=O)[C@H]1CC[C@H](Nc2nccc(-n3ncc4c(OCCCS(N)(=O)=O)cccc43)n2)CC1. The number of fused-ring (bicyclic) bond motifs is 1. The molecule has 12 heteroatoms. The molecular weight excluding hydrogens is 472 g/mol. The summed E-state index contributed by atoms with van der Waals surface area (Å²) in [6.07, 6.45) is 6.90. The number of benzene rings is 1. The van der Waals surface area contributed by atoms with E-state index in [1.165, 1.54) is 0 Å². The van der Waals surface area contributed by atoms with Gasteiger partial charge in [-0.3, -0.25) is 4.79 Å². The molecule has 0 radical (unpaired) electrons. The van der Waals surface area contributed by atoms with Crippen LogP contribution in [0.15, 0.2) is 36.7 Å². The van der Waals surface area contributed by atoms with Crippen molar-refractivity contribution < 1.29 is 22.7 Å². The fourth-order valence-corrected chi connectivity index (χ4v) is 4.75. The molecule has 0 atom stereocenters. The highest BCUT2D eigenvalue weighted by molar-refractivity contribution is 7.89. The van der Waals surface area contributed by atoms with Crippen molar-refractivity contribution in [2.45, 2.75) is 45.1 Å². The second kappa shape index (κ2) is 11.0. The number of nitrogens with two attached hydrogens (primary N) is 1. The minimum absolute atomic E-state index is 0.0354. The summed E-state index contributed by atoms with van der Waals surface area (Å²) in [7, 11) is -3.51. The predicted molar refractivity (Wildman–Crippen MR) is 131 cm³/mol. The largest absolute Gasteiger partial charge is 0.493 e. The summed E-state index contributed by atoms with van der Waals surface area (Å²) in [5.41, 5.74) is 0.800. The molecule has 1 aliphatic carbocycles. The van der Waals surface area contributed by atoms with Gasteiger partial charge in [-0.25, -0.2) is 23.2 Å². The number of primary sulfonamides is 1. The standard InChI is InChI=1S/C23H30N6O5S/c1-2-33-22(30)16-7-9-17(10-8-16)27-23-25-12-11-21(28-23)29-19-5-3-6-20(18(19)15-26-29)34-13-4-14-35(24,31)32/h3,5-6,11-12,15-17H,2,4,7-10,13-14H2,1H3,(H2,24,31,32)(H,25,27,28)/t16-,17-. The molecule has 188 valence electrons. The Morgan fingerprint density at radius 3 is 2.77 bits per heavy atom. The third-order valence-corrected chi connectivity index (χ3v) is 6.80. The summed E-state index contributed by atoms with van der Waals surface area (Å²) in [6.45, 7) is 2.46. The number of hydrogen-bond acceptors (Lipinski definition) is 9. The number of nitrogens with one attached hydrogen (secondary N) is 1. The van der Waals surface area contributed by atoms with Crippen molar-refractivity contribution in [3.63, 3.8) is 0 Å². The third-order valence-electron chi connectivity index (χ3n) is 5.94. The van der Waals surface area contributed by atoms with Gasteiger partial charge in [0.15, 0.2) is 5.82 Å². The first-order valence-corrected chi connectivity index (χ1v) is 13.4. The van der Waals surface area contributed by atoms with Crippen LogP contribution in [-0.4, -0.2) is 59.1 Å². The minimum atomic E-state index is -3.51. The van der Waals surface area contributed by atoms with Crippen molar-refractivity contribution in [3.8, 4) is 11.6 Å². The molecule has 1 aliphatic rings. The monoisotopic (exact) mass is 502 g/mol. The molecule has 1 aromatic carbocycles. The first-order valence-electron chi connectivity index (χ1n) is 11.7. The van der Waals surface area contributed by atoms with Crippen LogP contribution in [0.2, 0.25) is 0 Å². The van der Waals surface area contributed by atoms with Gasteiger partial charge in [-0.1, -0.05) is 6.07 Å². The Kier molecular flexibility index (Phi) is 7.81. The number of anilines is 1. The lowest BCUT2D eigenvalue weighted by Gasteiger charge is -2.27. The second-order valence-corrected chi connectivity index (χ2v) is 10.2. The number of carbonyl (C=O) groups is 1. The average molecular weight is 503 g/mol. The number of carbonyl (C=O) groups excluding carboxylic acids is 1. The molecule has 0 unspecified atom stereocenters. The number of hydrogen-bond donors (Lipinski definition) is 2. The van der Waals surface area contributed by atoms with E-state index >= 15 is 0 Å². The van der Waals surface area contributed by atoms with Crippen molar-refractivity contribution >= 4 is 32.8 Å². The Labute approximate surface area is 204 Å². The van der Waals surface area contributed by atoms with Crippen molar-refractivity contribution in [2.75, 3.05) is 24.3 Å². The van der Waals surface area contributed by atoms with Crippen LogP contribution >= 0.6 is 0 Å². The fraction of sp³-hybridized carbons (Fsp3) is 0.478. The van der Waals surface area contributed by atoms with E-state index in [1.54, 1.807) is 23.1 Å². The Morgan fingerprint density at radius 2 is 2.03 bits per heavy atom. The number of esters is 1. The summed E-state index contributed by atoms with van der Waals surface area (Å²) in [5, 5.41) is 13.7. The Hall–Kier alpha value is -3.25. The minimum Gasteiger partial charge on any atom is -0.493 e. The molecule has 0 spiro atoms. The van der Waals surface area contributed by atoms with Gasteiger partial charge in [0.1, 0.15) is 5.75 Å². The van der Waals surface area contributed by atoms with Crippen molar-refractivity contribution in [2.24, 2.45) is 11.1 Å². The van der Waals surface area contributed by atoms with Gasteiger partial charge in [0.25, 0.3) is 0 Å². The topological polar surface area (TPSA) is 151 Å². The van der Waals surface area contributed by atoms with E-state index in [1.807, 2.05) is 25.1 Å². The summed E-state index contributed by atoms with van der Waals surface area (Å²) in [6, 6.07) is 7.52. The predicted octanol–water partition coefficient (Wildman–Crippen LogP) is 2.41. The highest BCUT2D eigenvalue weighted by Gasteiger charge is 2.27. The molecule has 2 heterocycles. The normalized spacial score (nSPS) is 18.3. The molecule has 0 amide bonds. The Balaban J connectivity index is 1.42. The highest BCUT2D eigenvalue weighted by Crippen LogP contribution is 2.29. The summed E-state index contributed by atoms with van der Waals surface area (Å²) < 4.78 is 34.8. The molecule has 11 nitrogen and oxygen atoms in total. The van der Waals surface area contributed by atoms with Crippen LogP contribution in [0.25, 0.3) is 16.7 Å². The first kappa shape index (κ1) is 24.9. The number of rotatable bonds is 10. The molecule has 4 rings (SSSR count). The lowest BCUT2D eigenvalue weighted by molar-refractivity contribution is -0.149. The average Bonchev–Trinajstić information content (AvgIpc) is 3.27. The van der Waals surface area contributed by atoms with Gasteiger partial charge in [-0.15, -0.1) is 0 Å². The number of nitrogens with zero attached hydrogens (tertiary/aromatic N) is 4. The zero-order valence-corrected chi connectivity index (χ0v) is 20.4. The number of sulfonamides is 1. The van der Waals surface area contributed by atoms with Gasteiger partial charge < -0.3 is 14.8 Å². The summed E-state index contributed by atoms with van der Waals surface area (Å²) in [5.74, 6) is 1.43. The Morgan fingerprint density at radius 1 is 1.23 bits per heavy atom. The van der Waals surface area contributed by atoms with Crippen LogP contribution in [0.5, 0.6) is 5.75 Å². The molecule has 1 saturated carbocycles. The molecule has 0 bridgehead atoms. The van der Waals surface area contributed by atoms with E-state index < -0.39 is 10.0 Å². The molecule has 1 fully saturated rings. The zero-order valence-electron chi connectivity index (χ0n) is 19.6. The van der Waals surface area contributed by atoms with E-state index in [0.717, 1.165) is 36.6 Å². The van der Waals surface area contributed by atoms with E-state index in [0.29, 0.717) is 30.5 Å². The summed E-state index contributed by atoms with van der Waals surface area (Å²) >= 11 is 0.